The maximum atomic E-state index is 11.0. The second-order valence-corrected chi connectivity index (χ2v) is 4.05. The van der Waals surface area contributed by atoms with Crippen molar-refractivity contribution in [3.63, 3.8) is 0 Å². The normalized spacial score (nSPS) is 13.8. The number of nitrogens with two attached hydrogens (primary N) is 1. The van der Waals surface area contributed by atoms with Gasteiger partial charge in [0, 0.05) is 25.7 Å². The third-order valence-corrected chi connectivity index (χ3v) is 2.72. The van der Waals surface area contributed by atoms with Crippen LogP contribution in [0.15, 0.2) is 29.3 Å². The van der Waals surface area contributed by atoms with Gasteiger partial charge in [0.05, 0.1) is 6.54 Å². The van der Waals surface area contributed by atoms with Crippen molar-refractivity contribution in [2.75, 3.05) is 20.1 Å². The van der Waals surface area contributed by atoms with Gasteiger partial charge >= 0.3 is 0 Å². The molecule has 1 heterocycles. The van der Waals surface area contributed by atoms with E-state index in [0.717, 1.165) is 24.6 Å². The molecular weight excluding hydrogens is 343 g/mol. The molecule has 0 fully saturated rings. The summed E-state index contributed by atoms with van der Waals surface area (Å²) in [6.45, 7) is 2.42. The predicted molar refractivity (Wildman–Crippen MR) is 82.1 cm³/mol. The van der Waals surface area contributed by atoms with Gasteiger partial charge in [-0.15, -0.1) is 24.0 Å². The molecule has 1 aromatic carbocycles. The molecule has 0 saturated carbocycles. The number of hydrogen-bond acceptors (Lipinski definition) is 4. The van der Waals surface area contributed by atoms with Crippen LogP contribution in [0.2, 0.25) is 0 Å². The van der Waals surface area contributed by atoms with Crippen LogP contribution in [-0.4, -0.2) is 36.9 Å². The van der Waals surface area contributed by atoms with E-state index in [4.69, 9.17) is 5.73 Å². The van der Waals surface area contributed by atoms with E-state index in [1.54, 1.807) is 12.1 Å². The Bertz CT molecular complexity index is 461. The summed E-state index contributed by atoms with van der Waals surface area (Å²) in [7, 11) is 2.00. The van der Waals surface area contributed by atoms with E-state index < -0.39 is 5.91 Å². The molecule has 6 heteroatoms. The summed E-state index contributed by atoms with van der Waals surface area (Å²) in [6.07, 6.45) is 0. The lowest BCUT2D eigenvalue weighted by molar-refractivity contribution is 0.1000. The minimum Gasteiger partial charge on any atom is -0.366 e. The number of aliphatic imine (C=N–C) groups is 1. The van der Waals surface area contributed by atoms with E-state index in [0.29, 0.717) is 12.1 Å². The van der Waals surface area contributed by atoms with Crippen LogP contribution < -0.4 is 11.1 Å². The molecule has 18 heavy (non-hydrogen) atoms. The lowest BCUT2D eigenvalue weighted by atomic mass is 10.1. The van der Waals surface area contributed by atoms with Crippen LogP contribution in [-0.2, 0) is 6.54 Å². The number of nitrogens with one attached hydrogen (secondary N) is 1. The molecule has 0 atom stereocenters. The third-order valence-electron chi connectivity index (χ3n) is 2.72. The molecule has 0 aromatic heterocycles. The first-order valence-corrected chi connectivity index (χ1v) is 5.55. The molecular formula is C12H17IN4O. The minimum atomic E-state index is -0.401. The Morgan fingerprint density at radius 3 is 2.94 bits per heavy atom. The van der Waals surface area contributed by atoms with Gasteiger partial charge in [0.2, 0.25) is 5.91 Å². The van der Waals surface area contributed by atoms with Crippen molar-refractivity contribution in [2.45, 2.75) is 6.54 Å². The van der Waals surface area contributed by atoms with Crippen LogP contribution in [0.3, 0.4) is 0 Å². The van der Waals surface area contributed by atoms with Crippen LogP contribution in [0.5, 0.6) is 0 Å². The summed E-state index contributed by atoms with van der Waals surface area (Å²) in [5, 5.41) is 3.24. The van der Waals surface area contributed by atoms with Crippen molar-refractivity contribution >= 4 is 35.8 Å². The Labute approximate surface area is 123 Å². The average Bonchev–Trinajstić information content (AvgIpc) is 2.72. The fourth-order valence-electron chi connectivity index (χ4n) is 1.74. The summed E-state index contributed by atoms with van der Waals surface area (Å²) in [5.41, 5.74) is 6.78. The highest BCUT2D eigenvalue weighted by Crippen LogP contribution is 2.05. The number of carbonyl (C=O) groups is 1. The zero-order valence-corrected chi connectivity index (χ0v) is 12.5. The lowest BCUT2D eigenvalue weighted by Crippen LogP contribution is -2.35. The molecule has 2 rings (SSSR count). The molecule has 1 aliphatic heterocycles. The number of hydrogen-bond donors (Lipinski definition) is 2. The zero-order valence-electron chi connectivity index (χ0n) is 10.2. The predicted octanol–water partition coefficient (Wildman–Crippen LogP) is 0.794. The molecule has 3 N–H and O–H groups in total. The summed E-state index contributed by atoms with van der Waals surface area (Å²) in [4.78, 5) is 17.4. The van der Waals surface area contributed by atoms with Gasteiger partial charge in [-0.1, -0.05) is 12.1 Å². The maximum Gasteiger partial charge on any atom is 0.248 e. The zero-order chi connectivity index (χ0) is 12.3. The fourth-order valence-corrected chi connectivity index (χ4v) is 1.74. The first-order valence-electron chi connectivity index (χ1n) is 5.55. The maximum absolute atomic E-state index is 11.0. The monoisotopic (exact) mass is 360 g/mol. The lowest BCUT2D eigenvalue weighted by Gasteiger charge is -2.15. The average molecular weight is 360 g/mol. The molecule has 1 aliphatic rings. The van der Waals surface area contributed by atoms with E-state index in [-0.39, 0.29) is 24.0 Å². The van der Waals surface area contributed by atoms with E-state index in [2.05, 4.69) is 15.2 Å². The standard InChI is InChI=1S/C12H16N4O.HI/c1-16-6-5-14-12(16)15-8-9-3-2-4-10(7-9)11(13)17;/h2-4,7H,5-6,8H2,1H3,(H2,13,17)(H,14,15);1H. The van der Waals surface area contributed by atoms with Crippen LogP contribution in [0.1, 0.15) is 15.9 Å². The molecule has 98 valence electrons. The van der Waals surface area contributed by atoms with Gasteiger partial charge in [-0.2, -0.15) is 0 Å². The SMILES string of the molecule is CN1CCN=C1NCc1cccc(C(N)=O)c1.I. The second kappa shape index (κ2) is 6.58. The number of amides is 1. The first-order chi connectivity index (χ1) is 8.16. The van der Waals surface area contributed by atoms with Gasteiger partial charge in [0.1, 0.15) is 0 Å². The van der Waals surface area contributed by atoms with Crippen molar-refractivity contribution in [3.8, 4) is 0 Å². The quantitative estimate of drug-likeness (QED) is 0.784. The third kappa shape index (κ3) is 3.59. The minimum absolute atomic E-state index is 0. The van der Waals surface area contributed by atoms with E-state index >= 15 is 0 Å². The number of carbonyl (C=O) groups excluding carboxylic acids is 1. The Hall–Kier alpha value is -1.31. The highest BCUT2D eigenvalue weighted by atomic mass is 127. The molecule has 0 aliphatic carbocycles. The van der Waals surface area contributed by atoms with Crippen molar-refractivity contribution < 1.29 is 4.79 Å². The number of guanidine groups is 1. The van der Waals surface area contributed by atoms with Gasteiger partial charge in [0.15, 0.2) is 5.96 Å². The Balaban J connectivity index is 0.00000162. The van der Waals surface area contributed by atoms with Gasteiger partial charge < -0.3 is 16.0 Å². The highest BCUT2D eigenvalue weighted by molar-refractivity contribution is 14.0. The van der Waals surface area contributed by atoms with Crippen LogP contribution >= 0.6 is 24.0 Å². The van der Waals surface area contributed by atoms with Crippen molar-refractivity contribution in [3.05, 3.63) is 35.4 Å². The number of rotatable bonds is 3. The highest BCUT2D eigenvalue weighted by Gasteiger charge is 2.11. The topological polar surface area (TPSA) is 70.7 Å². The number of likely N-dealkylation sites (N-methyl/N-ethyl adjacent to an activating group) is 1. The van der Waals surface area contributed by atoms with Crippen LogP contribution in [0.25, 0.3) is 0 Å². The summed E-state index contributed by atoms with van der Waals surface area (Å²) in [5.74, 6) is 0.497. The second-order valence-electron chi connectivity index (χ2n) is 4.05. The summed E-state index contributed by atoms with van der Waals surface area (Å²) in [6, 6.07) is 7.29. The first kappa shape index (κ1) is 14.7. The van der Waals surface area contributed by atoms with Crippen molar-refractivity contribution in [1.29, 1.82) is 0 Å². The summed E-state index contributed by atoms with van der Waals surface area (Å²) < 4.78 is 0. The van der Waals surface area contributed by atoms with Crippen molar-refractivity contribution in [2.24, 2.45) is 10.7 Å². The Morgan fingerprint density at radius 2 is 2.33 bits per heavy atom. The Kier molecular flexibility index (Phi) is 5.39. The van der Waals surface area contributed by atoms with Crippen LogP contribution in [0.4, 0.5) is 0 Å². The van der Waals surface area contributed by atoms with Gasteiger partial charge in [-0.3, -0.25) is 9.79 Å². The Morgan fingerprint density at radius 1 is 1.56 bits per heavy atom. The van der Waals surface area contributed by atoms with E-state index in [1.807, 2.05) is 19.2 Å². The number of halogens is 1. The molecule has 1 amide bonds. The smallest absolute Gasteiger partial charge is 0.248 e. The molecule has 0 unspecified atom stereocenters. The number of nitrogens with zero attached hydrogens (tertiary/aromatic N) is 2. The van der Waals surface area contributed by atoms with Gasteiger partial charge in [0.25, 0.3) is 0 Å². The molecule has 0 spiro atoms. The molecule has 0 bridgehead atoms. The van der Waals surface area contributed by atoms with E-state index in [9.17, 15) is 4.79 Å². The number of primary amides is 1. The van der Waals surface area contributed by atoms with Gasteiger partial charge in [-0.25, -0.2) is 0 Å². The molecule has 0 saturated heterocycles. The largest absolute Gasteiger partial charge is 0.366 e. The van der Waals surface area contributed by atoms with Gasteiger partial charge in [-0.05, 0) is 17.7 Å². The molecule has 5 nitrogen and oxygen atoms in total. The number of benzene rings is 1. The summed E-state index contributed by atoms with van der Waals surface area (Å²) >= 11 is 0. The molecule has 1 aromatic rings. The fraction of sp³-hybridized carbons (Fsp3) is 0.333. The van der Waals surface area contributed by atoms with Crippen LogP contribution in [0, 0.1) is 0 Å². The van der Waals surface area contributed by atoms with E-state index in [1.165, 1.54) is 0 Å². The molecule has 0 radical (unpaired) electrons. The van der Waals surface area contributed by atoms with Crippen molar-refractivity contribution in [1.82, 2.24) is 10.2 Å².